The Labute approximate surface area is 197 Å². The van der Waals surface area contributed by atoms with Gasteiger partial charge < -0.3 is 24.0 Å². The Kier molecular flexibility index (Phi) is 5.26. The molecule has 5 rings (SSSR count). The molecule has 6 amide bonds. The minimum Gasteiger partial charge on any atom is -0.373 e. The number of nitrogens with zero attached hydrogens (tertiary/aromatic N) is 4. The molecular weight excluding hydrogens is 448 g/mol. The number of imide groups is 2. The maximum absolute atomic E-state index is 13.5. The van der Waals surface area contributed by atoms with Crippen LogP contribution in [0.5, 0.6) is 0 Å². The highest BCUT2D eigenvalue weighted by molar-refractivity contribution is 6.12. The highest BCUT2D eigenvalue weighted by Gasteiger charge is 2.58. The zero-order chi connectivity index (χ0) is 24.6. The number of urea groups is 2. The van der Waals surface area contributed by atoms with Crippen LogP contribution in [-0.2, 0) is 28.6 Å². The van der Waals surface area contributed by atoms with Crippen molar-refractivity contribution < 1.29 is 38.2 Å². The molecule has 34 heavy (non-hydrogen) atoms. The summed E-state index contributed by atoms with van der Waals surface area (Å²) < 4.78 is 15.7. The molecule has 186 valence electrons. The van der Waals surface area contributed by atoms with Crippen LogP contribution in [0.25, 0.3) is 0 Å². The number of ether oxygens (including phenoxy) is 3. The van der Waals surface area contributed by atoms with E-state index < -0.39 is 53.3 Å². The number of ketones is 1. The van der Waals surface area contributed by atoms with Crippen molar-refractivity contribution in [2.75, 3.05) is 39.5 Å². The van der Waals surface area contributed by atoms with E-state index >= 15 is 0 Å². The molecule has 5 aliphatic rings. The van der Waals surface area contributed by atoms with Crippen molar-refractivity contribution >= 4 is 29.7 Å². The molecule has 0 bridgehead atoms. The van der Waals surface area contributed by atoms with E-state index in [0.717, 1.165) is 9.80 Å². The minimum atomic E-state index is -1.14. The molecule has 0 aromatic rings. The largest absolute Gasteiger partial charge is 0.373 e. The van der Waals surface area contributed by atoms with Gasteiger partial charge in [0.05, 0.1) is 57.8 Å². The lowest BCUT2D eigenvalue weighted by molar-refractivity contribution is -0.139. The maximum Gasteiger partial charge on any atom is 0.328 e. The highest BCUT2D eigenvalue weighted by Crippen LogP contribution is 2.35. The summed E-state index contributed by atoms with van der Waals surface area (Å²) in [7, 11) is 0. The van der Waals surface area contributed by atoms with E-state index in [1.54, 1.807) is 27.7 Å². The van der Waals surface area contributed by atoms with Crippen LogP contribution in [0.4, 0.5) is 9.59 Å². The Morgan fingerprint density at radius 1 is 0.824 bits per heavy atom. The fourth-order valence-corrected chi connectivity index (χ4v) is 4.66. The summed E-state index contributed by atoms with van der Waals surface area (Å²) in [5.74, 6) is -1.55. The molecule has 5 fully saturated rings. The van der Waals surface area contributed by atoms with Crippen LogP contribution < -0.4 is 0 Å². The average Bonchev–Trinajstić information content (AvgIpc) is 3.62. The predicted molar refractivity (Wildman–Crippen MR) is 114 cm³/mol. The molecule has 0 aromatic heterocycles. The second-order valence-corrected chi connectivity index (χ2v) is 10.6. The molecule has 12 nitrogen and oxygen atoms in total. The van der Waals surface area contributed by atoms with Crippen LogP contribution >= 0.6 is 0 Å². The molecule has 0 N–H and O–H groups in total. The molecule has 4 atom stereocenters. The molecule has 4 unspecified atom stereocenters. The molecule has 0 spiro atoms. The molecule has 5 aliphatic heterocycles. The maximum atomic E-state index is 13.5. The number of carbonyl (C=O) groups is 5. The quantitative estimate of drug-likeness (QED) is 0.306. The van der Waals surface area contributed by atoms with Gasteiger partial charge in [-0.1, -0.05) is 0 Å². The first-order valence-corrected chi connectivity index (χ1v) is 11.6. The number of rotatable bonds is 10. The van der Waals surface area contributed by atoms with Gasteiger partial charge in [-0.15, -0.1) is 0 Å². The third-order valence-electron chi connectivity index (χ3n) is 7.22. The van der Waals surface area contributed by atoms with Gasteiger partial charge in [0.1, 0.15) is 17.1 Å². The van der Waals surface area contributed by atoms with Crippen molar-refractivity contribution in [1.29, 1.82) is 0 Å². The number of epoxide rings is 3. The van der Waals surface area contributed by atoms with E-state index in [2.05, 4.69) is 0 Å². The number of hydrogen-bond donors (Lipinski definition) is 0. The van der Waals surface area contributed by atoms with Gasteiger partial charge in [0.25, 0.3) is 11.8 Å². The number of hydrogen-bond acceptors (Lipinski definition) is 8. The summed E-state index contributed by atoms with van der Waals surface area (Å²) in [5, 5.41) is 0. The highest BCUT2D eigenvalue weighted by atomic mass is 16.6. The summed E-state index contributed by atoms with van der Waals surface area (Å²) in [4.78, 5) is 70.9. The van der Waals surface area contributed by atoms with Gasteiger partial charge in [-0.25, -0.2) is 9.59 Å². The monoisotopic (exact) mass is 478 g/mol. The first kappa shape index (κ1) is 23.2. The first-order valence-electron chi connectivity index (χ1n) is 11.6. The van der Waals surface area contributed by atoms with Crippen molar-refractivity contribution in [3.8, 4) is 0 Å². The second-order valence-electron chi connectivity index (χ2n) is 10.6. The van der Waals surface area contributed by atoms with Crippen molar-refractivity contribution in [3.63, 3.8) is 0 Å². The van der Waals surface area contributed by atoms with Crippen LogP contribution in [0.1, 0.15) is 34.1 Å². The van der Waals surface area contributed by atoms with Gasteiger partial charge in [-0.2, -0.15) is 0 Å². The molecule has 0 radical (unpaired) electrons. The molecule has 5 saturated heterocycles. The number of Topliss-reactive ketones (excluding diaryl/α,β-unsaturated/α-hetero) is 1. The van der Waals surface area contributed by atoms with Crippen molar-refractivity contribution in [2.24, 2.45) is 0 Å². The van der Waals surface area contributed by atoms with Gasteiger partial charge in [0, 0.05) is 6.42 Å². The van der Waals surface area contributed by atoms with Crippen LogP contribution in [0.3, 0.4) is 0 Å². The molecule has 12 heteroatoms. The van der Waals surface area contributed by atoms with E-state index in [0.29, 0.717) is 19.8 Å². The van der Waals surface area contributed by atoms with Crippen molar-refractivity contribution in [1.82, 2.24) is 19.6 Å². The average molecular weight is 479 g/mol. The Bertz CT molecular complexity index is 953. The smallest absolute Gasteiger partial charge is 0.328 e. The Hall–Kier alpha value is -2.57. The normalized spacial score (nSPS) is 32.1. The lowest BCUT2D eigenvalue weighted by atomic mass is 10.00. The SMILES string of the molecule is CC1(C)C(=O)N(CC(=O)C(CC2CO2)N2C(=O)N(CC3CO3)C(C)(C)C2=O)C(=O)N1CC1CO1. The molecule has 5 heterocycles. The van der Waals surface area contributed by atoms with Gasteiger partial charge in [-0.05, 0) is 27.7 Å². The van der Waals surface area contributed by atoms with Gasteiger partial charge in [0.2, 0.25) is 0 Å². The molecule has 0 aromatic carbocycles. The van der Waals surface area contributed by atoms with Crippen LogP contribution in [0.15, 0.2) is 0 Å². The van der Waals surface area contributed by atoms with Gasteiger partial charge >= 0.3 is 12.1 Å². The standard InChI is InChI=1S/C22H30N4O8/c1-21(2)17(28)23(19(30)24(21)6-13-10-33-13)8-16(27)15(5-12-9-32-12)26-18(29)22(3,4)25(20(26)31)7-14-11-34-14/h12-15H,5-11H2,1-4H3. The van der Waals surface area contributed by atoms with Gasteiger partial charge in [0.15, 0.2) is 5.78 Å². The Morgan fingerprint density at radius 2 is 1.29 bits per heavy atom. The van der Waals surface area contributed by atoms with Crippen LogP contribution in [-0.4, -0.2) is 124 Å². The Balaban J connectivity index is 1.36. The molecule has 0 saturated carbocycles. The van der Waals surface area contributed by atoms with E-state index in [1.165, 1.54) is 9.80 Å². The predicted octanol–water partition coefficient (Wildman–Crippen LogP) is -0.404. The lowest BCUT2D eigenvalue weighted by Crippen LogP contribution is -2.51. The lowest BCUT2D eigenvalue weighted by Gasteiger charge is -2.26. The van der Waals surface area contributed by atoms with E-state index in [4.69, 9.17) is 14.2 Å². The summed E-state index contributed by atoms with van der Waals surface area (Å²) in [5.41, 5.74) is -2.27. The minimum absolute atomic E-state index is 0.116. The van der Waals surface area contributed by atoms with E-state index in [-0.39, 0.29) is 37.8 Å². The van der Waals surface area contributed by atoms with Crippen molar-refractivity contribution in [2.45, 2.75) is 69.5 Å². The van der Waals surface area contributed by atoms with E-state index in [1.807, 2.05) is 0 Å². The summed E-state index contributed by atoms with van der Waals surface area (Å²) in [6, 6.07) is -2.29. The first-order chi connectivity index (χ1) is 15.9. The summed E-state index contributed by atoms with van der Waals surface area (Å²) in [6.07, 6.45) is -0.377. The van der Waals surface area contributed by atoms with E-state index in [9.17, 15) is 24.0 Å². The summed E-state index contributed by atoms with van der Waals surface area (Å²) >= 11 is 0. The topological polar surface area (TPSA) is 136 Å². The third kappa shape index (κ3) is 3.87. The number of amides is 6. The Morgan fingerprint density at radius 3 is 1.79 bits per heavy atom. The zero-order valence-corrected chi connectivity index (χ0v) is 19.8. The second kappa shape index (κ2) is 7.72. The molecule has 0 aliphatic carbocycles. The van der Waals surface area contributed by atoms with Crippen LogP contribution in [0.2, 0.25) is 0 Å². The van der Waals surface area contributed by atoms with Gasteiger partial charge in [-0.3, -0.25) is 24.2 Å². The zero-order valence-electron chi connectivity index (χ0n) is 19.8. The third-order valence-corrected chi connectivity index (χ3v) is 7.22. The fourth-order valence-electron chi connectivity index (χ4n) is 4.66. The fraction of sp³-hybridized carbons (Fsp3) is 0.773. The summed E-state index contributed by atoms with van der Waals surface area (Å²) in [6.45, 7) is 7.99. The van der Waals surface area contributed by atoms with Crippen LogP contribution in [0, 0.1) is 0 Å². The number of carbonyl (C=O) groups excluding carboxylic acids is 5. The molecular formula is C22H30N4O8. The van der Waals surface area contributed by atoms with Crippen molar-refractivity contribution in [3.05, 3.63) is 0 Å².